The fraction of sp³-hybridized carbons (Fsp3) is 0.632. The van der Waals surface area contributed by atoms with Crippen molar-refractivity contribution >= 4 is 5.91 Å². The second kappa shape index (κ2) is 7.45. The van der Waals surface area contributed by atoms with E-state index in [-0.39, 0.29) is 18.1 Å². The van der Waals surface area contributed by atoms with E-state index in [2.05, 4.69) is 29.7 Å². The average molecular weight is 316 g/mol. The standard InChI is InChI=1S/C19H28N2O2/c1-13-3-2-4-14(9-13)10-18(23)21-19(16-11-17(22)12-16)15-5-7-20-8-6-15/h2-4,9,15-17,19-20,22H,5-8,10-12H2,1H3,(H,21,23)/t16?,17?,19-/m1/s1. The van der Waals surface area contributed by atoms with Crippen LogP contribution in [0.4, 0.5) is 0 Å². The van der Waals surface area contributed by atoms with Crippen molar-refractivity contribution in [3.05, 3.63) is 35.4 Å². The smallest absolute Gasteiger partial charge is 0.224 e. The summed E-state index contributed by atoms with van der Waals surface area (Å²) >= 11 is 0. The molecule has 0 aromatic heterocycles. The first kappa shape index (κ1) is 16.5. The van der Waals surface area contributed by atoms with Crippen LogP contribution in [0.2, 0.25) is 0 Å². The summed E-state index contributed by atoms with van der Waals surface area (Å²) in [5.41, 5.74) is 2.26. The number of piperidine rings is 1. The average Bonchev–Trinajstić information content (AvgIpc) is 2.51. The van der Waals surface area contributed by atoms with Crippen molar-refractivity contribution in [1.82, 2.24) is 10.6 Å². The molecule has 1 saturated heterocycles. The highest BCUT2D eigenvalue weighted by molar-refractivity contribution is 5.79. The zero-order valence-corrected chi connectivity index (χ0v) is 13.9. The first-order valence-corrected chi connectivity index (χ1v) is 8.85. The molecular formula is C19H28N2O2. The Labute approximate surface area is 138 Å². The maximum absolute atomic E-state index is 12.5. The topological polar surface area (TPSA) is 61.4 Å². The van der Waals surface area contributed by atoms with Crippen molar-refractivity contribution in [3.8, 4) is 0 Å². The fourth-order valence-electron chi connectivity index (χ4n) is 3.99. The lowest BCUT2D eigenvalue weighted by Gasteiger charge is -2.43. The highest BCUT2D eigenvalue weighted by Crippen LogP contribution is 2.35. The minimum atomic E-state index is -0.169. The van der Waals surface area contributed by atoms with Crippen LogP contribution in [0, 0.1) is 18.8 Å². The molecule has 126 valence electrons. The van der Waals surface area contributed by atoms with Gasteiger partial charge in [-0.3, -0.25) is 4.79 Å². The van der Waals surface area contributed by atoms with Crippen LogP contribution in [0.1, 0.15) is 36.8 Å². The Kier molecular flexibility index (Phi) is 5.34. The van der Waals surface area contributed by atoms with E-state index in [0.29, 0.717) is 18.3 Å². The van der Waals surface area contributed by atoms with Crippen molar-refractivity contribution in [2.75, 3.05) is 13.1 Å². The van der Waals surface area contributed by atoms with Crippen LogP contribution < -0.4 is 10.6 Å². The van der Waals surface area contributed by atoms with E-state index in [9.17, 15) is 9.90 Å². The molecule has 23 heavy (non-hydrogen) atoms. The van der Waals surface area contributed by atoms with Crippen molar-refractivity contribution < 1.29 is 9.90 Å². The van der Waals surface area contributed by atoms with Gasteiger partial charge in [0.15, 0.2) is 0 Å². The van der Waals surface area contributed by atoms with Crippen molar-refractivity contribution in [2.45, 2.75) is 51.2 Å². The number of rotatable bonds is 5. The summed E-state index contributed by atoms with van der Waals surface area (Å²) in [7, 11) is 0. The quantitative estimate of drug-likeness (QED) is 0.776. The molecule has 1 aliphatic carbocycles. The van der Waals surface area contributed by atoms with Gasteiger partial charge in [0.1, 0.15) is 0 Å². The highest BCUT2D eigenvalue weighted by atomic mass is 16.3. The number of carbonyl (C=O) groups is 1. The Balaban J connectivity index is 1.61. The van der Waals surface area contributed by atoms with Crippen LogP contribution in [0.5, 0.6) is 0 Å². The van der Waals surface area contributed by atoms with Crippen LogP contribution >= 0.6 is 0 Å². The van der Waals surface area contributed by atoms with Gasteiger partial charge in [-0.25, -0.2) is 0 Å². The minimum Gasteiger partial charge on any atom is -0.393 e. The van der Waals surface area contributed by atoms with Crippen LogP contribution in [-0.4, -0.2) is 36.2 Å². The SMILES string of the molecule is Cc1cccc(CC(=O)N[C@H](C2CCNCC2)C2CC(O)C2)c1. The number of aliphatic hydroxyl groups is 1. The van der Waals surface area contributed by atoms with E-state index in [4.69, 9.17) is 0 Å². The molecule has 3 rings (SSSR count). The summed E-state index contributed by atoms with van der Waals surface area (Å²) in [6, 6.07) is 8.36. The summed E-state index contributed by atoms with van der Waals surface area (Å²) < 4.78 is 0. The van der Waals surface area contributed by atoms with Crippen molar-refractivity contribution in [1.29, 1.82) is 0 Å². The van der Waals surface area contributed by atoms with E-state index < -0.39 is 0 Å². The number of nitrogens with one attached hydrogen (secondary N) is 2. The second-order valence-corrected chi connectivity index (χ2v) is 7.23. The summed E-state index contributed by atoms with van der Waals surface area (Å²) in [6.07, 6.45) is 4.17. The summed E-state index contributed by atoms with van der Waals surface area (Å²) in [5, 5.41) is 16.3. The third-order valence-electron chi connectivity index (χ3n) is 5.32. The normalized spacial score (nSPS) is 26.3. The zero-order valence-electron chi connectivity index (χ0n) is 13.9. The molecule has 1 aromatic carbocycles. The van der Waals surface area contributed by atoms with Crippen LogP contribution in [0.3, 0.4) is 0 Å². The molecule has 2 fully saturated rings. The van der Waals surface area contributed by atoms with Gasteiger partial charge in [0.2, 0.25) is 5.91 Å². The van der Waals surface area contributed by atoms with Crippen LogP contribution in [-0.2, 0) is 11.2 Å². The lowest BCUT2D eigenvalue weighted by Crippen LogP contribution is -2.53. The summed E-state index contributed by atoms with van der Waals surface area (Å²) in [6.45, 7) is 4.11. The van der Waals surface area contributed by atoms with Gasteiger partial charge in [0, 0.05) is 6.04 Å². The number of amides is 1. The minimum absolute atomic E-state index is 0.112. The number of carbonyl (C=O) groups excluding carboxylic acids is 1. The van der Waals surface area contributed by atoms with E-state index in [0.717, 1.165) is 44.3 Å². The van der Waals surface area contributed by atoms with Gasteiger partial charge in [-0.15, -0.1) is 0 Å². The maximum atomic E-state index is 12.5. The molecule has 1 aromatic rings. The molecule has 3 N–H and O–H groups in total. The molecule has 0 bridgehead atoms. The third kappa shape index (κ3) is 4.33. The lowest BCUT2D eigenvalue weighted by molar-refractivity contribution is -0.123. The largest absolute Gasteiger partial charge is 0.393 e. The van der Waals surface area contributed by atoms with Gasteiger partial charge in [0.05, 0.1) is 12.5 Å². The van der Waals surface area contributed by atoms with Crippen molar-refractivity contribution in [2.24, 2.45) is 11.8 Å². The molecule has 4 nitrogen and oxygen atoms in total. The molecule has 2 aliphatic rings. The Morgan fingerprint density at radius 2 is 2.04 bits per heavy atom. The van der Waals surface area contributed by atoms with E-state index in [1.807, 2.05) is 12.1 Å². The monoisotopic (exact) mass is 316 g/mol. The zero-order chi connectivity index (χ0) is 16.2. The summed E-state index contributed by atoms with van der Waals surface area (Å²) in [5.74, 6) is 1.09. The molecule has 1 aliphatic heterocycles. The van der Waals surface area contributed by atoms with Gasteiger partial charge in [0.25, 0.3) is 0 Å². The maximum Gasteiger partial charge on any atom is 0.224 e. The second-order valence-electron chi connectivity index (χ2n) is 7.23. The summed E-state index contributed by atoms with van der Waals surface area (Å²) in [4.78, 5) is 12.5. The lowest BCUT2D eigenvalue weighted by atomic mass is 9.71. The number of aryl methyl sites for hydroxylation is 1. The van der Waals surface area contributed by atoms with Gasteiger partial charge in [-0.1, -0.05) is 29.8 Å². The molecule has 4 heteroatoms. The molecule has 0 unspecified atom stereocenters. The number of hydrogen-bond acceptors (Lipinski definition) is 3. The first-order chi connectivity index (χ1) is 11.1. The van der Waals surface area contributed by atoms with E-state index in [1.54, 1.807) is 0 Å². The van der Waals surface area contributed by atoms with Gasteiger partial charge in [-0.05, 0) is 63.1 Å². The van der Waals surface area contributed by atoms with Crippen molar-refractivity contribution in [3.63, 3.8) is 0 Å². The molecule has 0 spiro atoms. The molecule has 1 atom stereocenters. The van der Waals surface area contributed by atoms with Gasteiger partial charge >= 0.3 is 0 Å². The Morgan fingerprint density at radius 1 is 1.30 bits per heavy atom. The number of hydrogen-bond donors (Lipinski definition) is 3. The molecular weight excluding hydrogens is 288 g/mol. The molecule has 0 radical (unpaired) electrons. The number of benzene rings is 1. The Morgan fingerprint density at radius 3 is 2.70 bits per heavy atom. The Bertz CT molecular complexity index is 534. The van der Waals surface area contributed by atoms with E-state index in [1.165, 1.54) is 5.56 Å². The van der Waals surface area contributed by atoms with Crippen LogP contribution in [0.15, 0.2) is 24.3 Å². The molecule has 1 heterocycles. The molecule has 1 saturated carbocycles. The van der Waals surface area contributed by atoms with E-state index >= 15 is 0 Å². The predicted octanol–water partition coefficient (Wildman–Crippen LogP) is 1.79. The van der Waals surface area contributed by atoms with Crippen LogP contribution in [0.25, 0.3) is 0 Å². The Hall–Kier alpha value is -1.39. The molecule has 1 amide bonds. The third-order valence-corrected chi connectivity index (χ3v) is 5.32. The fourth-order valence-corrected chi connectivity index (χ4v) is 3.99. The predicted molar refractivity (Wildman–Crippen MR) is 91.1 cm³/mol. The highest BCUT2D eigenvalue weighted by Gasteiger charge is 2.39. The number of aliphatic hydroxyl groups excluding tert-OH is 1. The van der Waals surface area contributed by atoms with Gasteiger partial charge < -0.3 is 15.7 Å². The first-order valence-electron chi connectivity index (χ1n) is 8.85. The van der Waals surface area contributed by atoms with Gasteiger partial charge in [-0.2, -0.15) is 0 Å².